The molecule has 1 radical (unpaired) electrons. The van der Waals surface area contributed by atoms with E-state index in [-0.39, 0.29) is 5.97 Å². The highest BCUT2D eigenvalue weighted by Crippen LogP contribution is 2.01. The quantitative estimate of drug-likeness (QED) is 0.445. The number of rotatable bonds is 4. The zero-order chi connectivity index (χ0) is 7.11. The van der Waals surface area contributed by atoms with Crippen LogP contribution in [0.2, 0.25) is 0 Å². The number of thioether (sulfide) groups is 1. The van der Waals surface area contributed by atoms with Crippen LogP contribution in [-0.4, -0.2) is 18.8 Å². The summed E-state index contributed by atoms with van der Waals surface area (Å²) in [6.45, 7) is 0. The van der Waals surface area contributed by atoms with Crippen molar-refractivity contribution in [3.8, 4) is 0 Å². The van der Waals surface area contributed by atoms with Crippen molar-refractivity contribution in [1.82, 2.24) is 0 Å². The van der Waals surface area contributed by atoms with Crippen LogP contribution in [0.5, 0.6) is 0 Å². The maximum atomic E-state index is 10.4. The van der Waals surface area contributed by atoms with Crippen LogP contribution in [0, 0.1) is 6.26 Å². The van der Waals surface area contributed by atoms with Crippen LogP contribution in [0.4, 0.5) is 0 Å². The van der Waals surface area contributed by atoms with Crippen LogP contribution >= 0.6 is 11.8 Å². The summed E-state index contributed by atoms with van der Waals surface area (Å²) in [5.74, 6) is 0.791. The maximum absolute atomic E-state index is 10.4. The van der Waals surface area contributed by atoms with Crippen molar-refractivity contribution >= 4 is 17.7 Å². The molecule has 53 valence electrons. The van der Waals surface area contributed by atoms with Gasteiger partial charge in [0, 0.05) is 12.7 Å². The van der Waals surface area contributed by atoms with Gasteiger partial charge in [0.05, 0.1) is 7.11 Å². The summed E-state index contributed by atoms with van der Waals surface area (Å²) < 4.78 is 4.43. The van der Waals surface area contributed by atoms with Crippen molar-refractivity contribution in [3.05, 3.63) is 6.26 Å². The molecule has 0 aliphatic heterocycles. The molecule has 0 unspecified atom stereocenters. The molecule has 3 heteroatoms. The summed E-state index contributed by atoms with van der Waals surface area (Å²) in [7, 11) is 1.40. The third kappa shape index (κ3) is 5.69. The topological polar surface area (TPSA) is 26.3 Å². The van der Waals surface area contributed by atoms with Gasteiger partial charge in [0.1, 0.15) is 0 Å². The van der Waals surface area contributed by atoms with Crippen LogP contribution in [0.1, 0.15) is 12.8 Å². The van der Waals surface area contributed by atoms with E-state index in [0.29, 0.717) is 6.42 Å². The second-order valence-electron chi connectivity index (χ2n) is 1.59. The van der Waals surface area contributed by atoms with Crippen molar-refractivity contribution in [2.24, 2.45) is 0 Å². The van der Waals surface area contributed by atoms with E-state index in [1.54, 1.807) is 0 Å². The van der Waals surface area contributed by atoms with Crippen LogP contribution in [0.15, 0.2) is 0 Å². The predicted molar refractivity (Wildman–Crippen MR) is 39.1 cm³/mol. The van der Waals surface area contributed by atoms with Crippen molar-refractivity contribution in [1.29, 1.82) is 0 Å². The van der Waals surface area contributed by atoms with E-state index < -0.39 is 0 Å². The lowest BCUT2D eigenvalue weighted by Gasteiger charge is -1.95. The number of carbonyl (C=O) groups is 1. The van der Waals surface area contributed by atoms with E-state index in [4.69, 9.17) is 0 Å². The number of esters is 1. The predicted octanol–water partition coefficient (Wildman–Crippen LogP) is 1.46. The van der Waals surface area contributed by atoms with Gasteiger partial charge in [-0.2, -0.15) is 11.8 Å². The minimum absolute atomic E-state index is 0.135. The SMILES string of the molecule is [CH2]SCCCC(=O)OC. The Morgan fingerprint density at radius 1 is 1.78 bits per heavy atom. The van der Waals surface area contributed by atoms with E-state index in [1.165, 1.54) is 18.9 Å². The minimum atomic E-state index is -0.135. The molecule has 0 spiro atoms. The molecule has 0 amide bonds. The molecular formula is C6H11O2S. The fourth-order valence-electron chi connectivity index (χ4n) is 0.421. The average molecular weight is 147 g/mol. The van der Waals surface area contributed by atoms with Gasteiger partial charge in [-0.05, 0) is 12.2 Å². The minimum Gasteiger partial charge on any atom is -0.469 e. The number of hydrogen-bond acceptors (Lipinski definition) is 3. The largest absolute Gasteiger partial charge is 0.469 e. The van der Waals surface area contributed by atoms with Gasteiger partial charge < -0.3 is 4.74 Å². The Balaban J connectivity index is 2.97. The summed E-state index contributed by atoms with van der Waals surface area (Å²) in [6, 6.07) is 0. The zero-order valence-corrected chi connectivity index (χ0v) is 6.37. The standard InChI is InChI=1S/C6H11O2S/c1-8-6(7)4-3-5-9-2/h2-5H2,1H3. The molecule has 0 aromatic heterocycles. The van der Waals surface area contributed by atoms with Crippen molar-refractivity contribution in [3.63, 3.8) is 0 Å². The third-order valence-electron chi connectivity index (χ3n) is 0.897. The second-order valence-corrected chi connectivity index (χ2v) is 2.40. The highest BCUT2D eigenvalue weighted by Gasteiger charge is 1.96. The van der Waals surface area contributed by atoms with Gasteiger partial charge >= 0.3 is 5.97 Å². The Bertz CT molecular complexity index is 83.1. The highest BCUT2D eigenvalue weighted by atomic mass is 32.2. The Morgan fingerprint density at radius 3 is 2.89 bits per heavy atom. The normalized spacial score (nSPS) is 9.11. The smallest absolute Gasteiger partial charge is 0.305 e. The van der Waals surface area contributed by atoms with E-state index in [1.807, 2.05) is 0 Å². The highest BCUT2D eigenvalue weighted by molar-refractivity contribution is 8.00. The first-order valence-electron chi connectivity index (χ1n) is 2.75. The molecule has 0 aromatic rings. The molecule has 0 rings (SSSR count). The Labute approximate surface area is 60.0 Å². The number of carbonyl (C=O) groups excluding carboxylic acids is 1. The molecular weight excluding hydrogens is 136 g/mol. The lowest BCUT2D eigenvalue weighted by molar-refractivity contribution is -0.140. The van der Waals surface area contributed by atoms with Gasteiger partial charge in [-0.15, -0.1) is 0 Å². The van der Waals surface area contributed by atoms with Gasteiger partial charge in [-0.3, -0.25) is 4.79 Å². The molecule has 0 atom stereocenters. The van der Waals surface area contributed by atoms with Gasteiger partial charge in [0.2, 0.25) is 0 Å². The fourth-order valence-corrected chi connectivity index (χ4v) is 0.769. The molecule has 2 nitrogen and oxygen atoms in total. The number of ether oxygens (including phenoxy) is 1. The lowest BCUT2D eigenvalue weighted by atomic mass is 10.3. The monoisotopic (exact) mass is 147 g/mol. The second kappa shape index (κ2) is 5.95. The Morgan fingerprint density at radius 2 is 2.44 bits per heavy atom. The summed E-state index contributed by atoms with van der Waals surface area (Å²) in [4.78, 5) is 10.4. The van der Waals surface area contributed by atoms with E-state index in [9.17, 15) is 4.79 Å². The molecule has 0 saturated heterocycles. The van der Waals surface area contributed by atoms with E-state index >= 15 is 0 Å². The molecule has 0 heterocycles. The van der Waals surface area contributed by atoms with Crippen molar-refractivity contribution < 1.29 is 9.53 Å². The Hall–Kier alpha value is -0.180. The number of methoxy groups -OCH3 is 1. The summed E-state index contributed by atoms with van der Waals surface area (Å²) in [6.07, 6.45) is 4.95. The average Bonchev–Trinajstić information content (AvgIpc) is 1.89. The molecule has 9 heavy (non-hydrogen) atoms. The third-order valence-corrected chi connectivity index (χ3v) is 1.47. The Kier molecular flexibility index (Phi) is 5.83. The maximum Gasteiger partial charge on any atom is 0.305 e. The van der Waals surface area contributed by atoms with Gasteiger partial charge in [-0.25, -0.2) is 0 Å². The molecule has 0 aliphatic carbocycles. The van der Waals surface area contributed by atoms with E-state index in [0.717, 1.165) is 12.2 Å². The van der Waals surface area contributed by atoms with Crippen LogP contribution in [-0.2, 0) is 9.53 Å². The zero-order valence-electron chi connectivity index (χ0n) is 5.55. The van der Waals surface area contributed by atoms with Crippen molar-refractivity contribution in [2.75, 3.05) is 12.9 Å². The van der Waals surface area contributed by atoms with E-state index in [2.05, 4.69) is 11.0 Å². The molecule has 0 bridgehead atoms. The van der Waals surface area contributed by atoms with Crippen molar-refractivity contribution in [2.45, 2.75) is 12.8 Å². The molecule has 0 aromatic carbocycles. The van der Waals surface area contributed by atoms with Crippen LogP contribution in [0.25, 0.3) is 0 Å². The summed E-state index contributed by atoms with van der Waals surface area (Å²) in [5, 5.41) is 0. The first kappa shape index (κ1) is 8.82. The van der Waals surface area contributed by atoms with Gasteiger partial charge in [-0.1, -0.05) is 0 Å². The van der Waals surface area contributed by atoms with Crippen LogP contribution < -0.4 is 0 Å². The van der Waals surface area contributed by atoms with Crippen LogP contribution in [0.3, 0.4) is 0 Å². The fraction of sp³-hybridized carbons (Fsp3) is 0.667. The molecule has 0 saturated carbocycles. The first-order valence-corrected chi connectivity index (χ1v) is 3.90. The summed E-state index contributed by atoms with van der Waals surface area (Å²) >= 11 is 1.50. The molecule has 0 aliphatic rings. The molecule has 0 N–H and O–H groups in total. The molecule has 0 fully saturated rings. The van der Waals surface area contributed by atoms with Gasteiger partial charge in [0.15, 0.2) is 0 Å². The first-order chi connectivity index (χ1) is 4.31. The van der Waals surface area contributed by atoms with Gasteiger partial charge in [0.25, 0.3) is 0 Å². The summed E-state index contributed by atoms with van der Waals surface area (Å²) in [5.41, 5.74) is 0. The lowest BCUT2D eigenvalue weighted by Crippen LogP contribution is -1.99. The number of hydrogen-bond donors (Lipinski definition) is 0.